The van der Waals surface area contributed by atoms with Gasteiger partial charge in [-0.05, 0) is 84.0 Å². The van der Waals surface area contributed by atoms with Gasteiger partial charge in [-0.2, -0.15) is 0 Å². The third-order valence-corrected chi connectivity index (χ3v) is 6.84. The summed E-state index contributed by atoms with van der Waals surface area (Å²) >= 11 is 0. The fourth-order valence-electron chi connectivity index (χ4n) is 4.22. The van der Waals surface area contributed by atoms with E-state index in [0.29, 0.717) is 7.48 Å². The van der Waals surface area contributed by atoms with Crippen LogP contribution in [0.4, 0.5) is 0 Å². The van der Waals surface area contributed by atoms with Crippen LogP contribution >= 0.6 is 0 Å². The average molecular weight is 406 g/mol. The number of hydrogen-bond acceptors (Lipinski definition) is 2. The Morgan fingerprint density at radius 1 is 0.677 bits per heavy atom. The van der Waals surface area contributed by atoms with E-state index in [1.54, 1.807) is 13.8 Å². The van der Waals surface area contributed by atoms with Crippen LogP contribution in [0.5, 0.6) is 0 Å². The number of benzene rings is 4. The number of rotatable bonds is 5. The molecule has 0 saturated heterocycles. The van der Waals surface area contributed by atoms with Gasteiger partial charge in [0.1, 0.15) is 0 Å². The highest BCUT2D eigenvalue weighted by Gasteiger charge is 2.35. The first kappa shape index (κ1) is 20.1. The van der Waals surface area contributed by atoms with Gasteiger partial charge in [-0.25, -0.2) is 0 Å². The largest absolute Gasteiger partial charge is 0.427 e. The van der Waals surface area contributed by atoms with Crippen LogP contribution < -0.4 is 5.46 Å². The Bertz CT molecular complexity index is 1280. The highest BCUT2D eigenvalue weighted by molar-refractivity contribution is 6.47. The summed E-state index contributed by atoms with van der Waals surface area (Å²) in [5.74, 6) is 0. The summed E-state index contributed by atoms with van der Waals surface area (Å²) in [5.41, 5.74) is 7.26. The lowest BCUT2D eigenvalue weighted by Gasteiger charge is -2.37. The molecule has 4 aromatic carbocycles. The van der Waals surface area contributed by atoms with Crippen LogP contribution in [0.2, 0.25) is 0 Å². The molecule has 0 heterocycles. The van der Waals surface area contributed by atoms with Crippen LogP contribution in [-0.2, 0) is 4.65 Å². The summed E-state index contributed by atoms with van der Waals surface area (Å²) in [6, 6.07) is 28.4. The Hall–Kier alpha value is -2.88. The van der Waals surface area contributed by atoms with Gasteiger partial charge in [-0.15, -0.1) is 0 Å². The lowest BCUT2D eigenvalue weighted by atomic mass is 9.82. The van der Waals surface area contributed by atoms with Crippen molar-refractivity contribution in [3.63, 3.8) is 0 Å². The maximum atomic E-state index is 10.3. The standard InChI is InChI=1S/C28H27BO2/c1-27(2,30)28(3,4)31-29-21-14-12-18(13-15-21)20-16-19-8-7-11-24-22-9-5-6-10-23(22)25(17-20)26(19)24/h5-17,29-30H,1-4H3. The van der Waals surface area contributed by atoms with E-state index >= 15 is 0 Å². The second kappa shape index (κ2) is 7.08. The van der Waals surface area contributed by atoms with Crippen molar-refractivity contribution in [2.45, 2.75) is 38.9 Å². The SMILES string of the molecule is CC(C)(O)C(C)(C)OBc1ccc(-c2cc3c4c(cccc4c2)-c2ccccc2-3)cc1. The predicted molar refractivity (Wildman–Crippen MR) is 132 cm³/mol. The zero-order chi connectivity index (χ0) is 21.8. The molecule has 0 aliphatic heterocycles. The third kappa shape index (κ3) is 3.38. The fourth-order valence-corrected chi connectivity index (χ4v) is 4.22. The van der Waals surface area contributed by atoms with Gasteiger partial charge >= 0.3 is 7.48 Å². The first-order valence-electron chi connectivity index (χ1n) is 10.9. The van der Waals surface area contributed by atoms with Crippen molar-refractivity contribution in [2.24, 2.45) is 0 Å². The van der Waals surface area contributed by atoms with E-state index in [1.807, 2.05) is 13.8 Å². The van der Waals surface area contributed by atoms with Gasteiger partial charge in [0.2, 0.25) is 0 Å². The highest BCUT2D eigenvalue weighted by atomic mass is 16.5. The maximum absolute atomic E-state index is 10.3. The van der Waals surface area contributed by atoms with Crippen molar-refractivity contribution < 1.29 is 9.76 Å². The van der Waals surface area contributed by atoms with Gasteiger partial charge in [0.25, 0.3) is 0 Å². The lowest BCUT2D eigenvalue weighted by molar-refractivity contribution is -0.0893. The summed E-state index contributed by atoms with van der Waals surface area (Å²) in [6.07, 6.45) is 0. The van der Waals surface area contributed by atoms with Crippen LogP contribution in [0, 0.1) is 0 Å². The number of fused-ring (bicyclic) bond motifs is 3. The van der Waals surface area contributed by atoms with Gasteiger partial charge in [-0.3, -0.25) is 0 Å². The van der Waals surface area contributed by atoms with Crippen molar-refractivity contribution in [3.05, 3.63) is 78.9 Å². The molecular weight excluding hydrogens is 379 g/mol. The van der Waals surface area contributed by atoms with Crippen LogP contribution in [0.15, 0.2) is 78.9 Å². The summed E-state index contributed by atoms with van der Waals surface area (Å²) in [5, 5.41) is 12.9. The molecule has 1 aliphatic rings. The Labute approximate surface area is 184 Å². The van der Waals surface area contributed by atoms with Crippen molar-refractivity contribution in [1.82, 2.24) is 0 Å². The lowest BCUT2D eigenvalue weighted by Crippen LogP contribution is -2.49. The molecule has 154 valence electrons. The second-order valence-corrected chi connectivity index (χ2v) is 9.53. The topological polar surface area (TPSA) is 29.5 Å². The minimum absolute atomic E-state index is 0.469. The Balaban J connectivity index is 1.48. The molecule has 0 saturated carbocycles. The molecule has 5 rings (SSSR count). The number of aliphatic hydroxyl groups is 1. The van der Waals surface area contributed by atoms with Crippen molar-refractivity contribution in [3.8, 4) is 33.4 Å². The van der Waals surface area contributed by atoms with E-state index in [0.717, 1.165) is 5.46 Å². The van der Waals surface area contributed by atoms with E-state index in [-0.39, 0.29) is 0 Å². The molecule has 0 unspecified atom stereocenters. The van der Waals surface area contributed by atoms with Crippen LogP contribution in [0.3, 0.4) is 0 Å². The normalized spacial score (nSPS) is 12.8. The average Bonchev–Trinajstić information content (AvgIpc) is 3.08. The minimum Gasteiger partial charge on any atom is -0.427 e. The molecule has 1 N–H and O–H groups in total. The third-order valence-electron chi connectivity index (χ3n) is 6.84. The first-order chi connectivity index (χ1) is 14.7. The molecule has 0 bridgehead atoms. The Morgan fingerprint density at radius 2 is 1.32 bits per heavy atom. The summed E-state index contributed by atoms with van der Waals surface area (Å²) < 4.78 is 6.02. The highest BCUT2D eigenvalue weighted by Crippen LogP contribution is 2.48. The van der Waals surface area contributed by atoms with E-state index in [2.05, 4.69) is 78.9 Å². The molecule has 0 amide bonds. The van der Waals surface area contributed by atoms with E-state index in [1.165, 1.54) is 44.2 Å². The zero-order valence-corrected chi connectivity index (χ0v) is 18.6. The molecular formula is C28H27BO2. The predicted octanol–water partition coefficient (Wildman–Crippen LogP) is 5.70. The van der Waals surface area contributed by atoms with Gasteiger partial charge in [0.15, 0.2) is 0 Å². The van der Waals surface area contributed by atoms with Crippen molar-refractivity contribution in [2.75, 3.05) is 0 Å². The summed E-state index contributed by atoms with van der Waals surface area (Å²) in [7, 11) is 0.469. The van der Waals surface area contributed by atoms with Gasteiger partial charge in [0, 0.05) is 0 Å². The van der Waals surface area contributed by atoms with Crippen LogP contribution in [0.1, 0.15) is 27.7 Å². The van der Waals surface area contributed by atoms with E-state index in [4.69, 9.17) is 4.65 Å². The number of hydrogen-bond donors (Lipinski definition) is 1. The molecule has 0 fully saturated rings. The van der Waals surface area contributed by atoms with Gasteiger partial charge < -0.3 is 9.76 Å². The minimum atomic E-state index is -0.907. The molecule has 0 aromatic heterocycles. The summed E-state index contributed by atoms with van der Waals surface area (Å²) in [6.45, 7) is 7.41. The molecule has 0 spiro atoms. The first-order valence-corrected chi connectivity index (χ1v) is 10.9. The maximum Gasteiger partial charge on any atom is 0.309 e. The van der Waals surface area contributed by atoms with Crippen LogP contribution in [-0.4, -0.2) is 23.8 Å². The Morgan fingerprint density at radius 3 is 2.00 bits per heavy atom. The summed E-state index contributed by atoms with van der Waals surface area (Å²) in [4.78, 5) is 0. The molecule has 31 heavy (non-hydrogen) atoms. The van der Waals surface area contributed by atoms with Gasteiger partial charge in [0.05, 0.1) is 11.2 Å². The molecule has 0 atom stereocenters. The smallest absolute Gasteiger partial charge is 0.309 e. The fraction of sp³-hybridized carbons (Fsp3) is 0.214. The van der Waals surface area contributed by atoms with Crippen LogP contribution in [0.25, 0.3) is 44.2 Å². The Kier molecular flexibility index (Phi) is 4.58. The quantitative estimate of drug-likeness (QED) is 0.380. The monoisotopic (exact) mass is 406 g/mol. The molecule has 1 aliphatic carbocycles. The van der Waals surface area contributed by atoms with Gasteiger partial charge in [-0.1, -0.05) is 72.2 Å². The molecule has 3 heteroatoms. The molecule has 2 nitrogen and oxygen atoms in total. The molecule has 0 radical (unpaired) electrons. The van der Waals surface area contributed by atoms with E-state index in [9.17, 15) is 5.11 Å². The van der Waals surface area contributed by atoms with Crippen molar-refractivity contribution >= 4 is 23.7 Å². The van der Waals surface area contributed by atoms with Crippen molar-refractivity contribution in [1.29, 1.82) is 0 Å². The second-order valence-electron chi connectivity index (χ2n) is 9.53. The zero-order valence-electron chi connectivity index (χ0n) is 18.6. The van der Waals surface area contributed by atoms with E-state index < -0.39 is 11.2 Å². The molecule has 4 aromatic rings.